The topological polar surface area (TPSA) is 96.0 Å². The molecule has 0 aliphatic rings. The molecule has 1 rings (SSSR count). The highest BCUT2D eigenvalue weighted by Crippen LogP contribution is 2.30. The second-order valence-corrected chi connectivity index (χ2v) is 5.86. The van der Waals surface area contributed by atoms with Gasteiger partial charge < -0.3 is 9.47 Å². The van der Waals surface area contributed by atoms with Crippen LogP contribution < -0.4 is 0 Å². The molecule has 1 atom stereocenters. The Morgan fingerprint density at radius 2 is 1.67 bits per heavy atom. The van der Waals surface area contributed by atoms with E-state index in [1.54, 1.807) is 18.2 Å². The smallest absolute Gasteiger partial charge is 0.305 e. The summed E-state index contributed by atoms with van der Waals surface area (Å²) in [5, 5.41) is 0. The van der Waals surface area contributed by atoms with E-state index >= 15 is 0 Å². The van der Waals surface area contributed by atoms with Crippen molar-refractivity contribution < 1.29 is 31.7 Å². The third-order valence-electron chi connectivity index (χ3n) is 2.27. The highest BCUT2D eigenvalue weighted by atomic mass is 32.2. The van der Waals surface area contributed by atoms with Gasteiger partial charge in [-0.3, -0.25) is 9.59 Å². The average Bonchev–Trinajstić information content (AvgIpc) is 2.34. The lowest BCUT2D eigenvalue weighted by Crippen LogP contribution is -2.41. The second-order valence-electron chi connectivity index (χ2n) is 4.28. The van der Waals surface area contributed by atoms with Crippen molar-refractivity contribution in [2.75, 3.05) is 12.9 Å². The minimum Gasteiger partial charge on any atom is -0.458 e. The van der Waals surface area contributed by atoms with Gasteiger partial charge >= 0.3 is 11.9 Å². The van der Waals surface area contributed by atoms with Crippen molar-refractivity contribution in [2.24, 2.45) is 0 Å². The van der Waals surface area contributed by atoms with E-state index < -0.39 is 34.5 Å². The molecule has 0 saturated carbocycles. The van der Waals surface area contributed by atoms with Crippen molar-refractivity contribution in [3.63, 3.8) is 0 Å². The zero-order chi connectivity index (χ0) is 16.1. The van der Waals surface area contributed by atoms with Gasteiger partial charge in [0.25, 0.3) is 15.9 Å². The van der Waals surface area contributed by atoms with Crippen LogP contribution in [-0.4, -0.2) is 33.2 Å². The molecule has 0 saturated heterocycles. The van der Waals surface area contributed by atoms with Crippen LogP contribution in [0.1, 0.15) is 19.4 Å². The Bertz CT molecular complexity index is 609. The number of esters is 2. The van der Waals surface area contributed by atoms with Gasteiger partial charge in [-0.25, -0.2) is 4.18 Å². The number of hydrogen-bond donors (Lipinski definition) is 0. The molecule has 0 radical (unpaired) electrons. The van der Waals surface area contributed by atoms with Crippen molar-refractivity contribution in [1.29, 1.82) is 0 Å². The fourth-order valence-corrected chi connectivity index (χ4v) is 2.29. The summed E-state index contributed by atoms with van der Waals surface area (Å²) in [6.45, 7) is 1.65. The van der Waals surface area contributed by atoms with Crippen molar-refractivity contribution in [2.45, 2.75) is 19.6 Å². The molecule has 0 aliphatic carbocycles. The molecule has 0 amide bonds. The van der Waals surface area contributed by atoms with Gasteiger partial charge in [-0.2, -0.15) is 8.42 Å². The molecular weight excluding hydrogens is 300 g/mol. The number of benzene rings is 1. The summed E-state index contributed by atoms with van der Waals surface area (Å²) in [5.74, 6) is -3.50. The monoisotopic (exact) mass is 316 g/mol. The summed E-state index contributed by atoms with van der Waals surface area (Å²) in [7, 11) is -3.99. The lowest BCUT2D eigenvalue weighted by Gasteiger charge is -2.31. The molecule has 0 aromatic heterocycles. The number of carbonyl (C=O) groups excluding carboxylic acids is 2. The molecule has 0 spiro atoms. The van der Waals surface area contributed by atoms with E-state index in [0.29, 0.717) is 0 Å². The van der Waals surface area contributed by atoms with Crippen molar-refractivity contribution in [1.82, 2.24) is 0 Å². The number of ether oxygens (including phenoxy) is 2. The number of rotatable bonds is 6. The molecule has 0 heterocycles. The van der Waals surface area contributed by atoms with E-state index in [1.165, 1.54) is 12.1 Å². The van der Waals surface area contributed by atoms with E-state index in [-0.39, 0.29) is 5.56 Å². The van der Waals surface area contributed by atoms with Crippen LogP contribution in [-0.2, 0) is 39.2 Å². The molecule has 8 heteroatoms. The predicted octanol–water partition coefficient (Wildman–Crippen LogP) is 0.942. The molecule has 1 aromatic carbocycles. The first kappa shape index (κ1) is 17.1. The third-order valence-corrected chi connectivity index (χ3v) is 2.85. The van der Waals surface area contributed by atoms with Gasteiger partial charge in [0.1, 0.15) is 0 Å². The molecule has 0 fully saturated rings. The Kier molecular flexibility index (Phi) is 5.45. The van der Waals surface area contributed by atoms with Crippen molar-refractivity contribution >= 4 is 22.1 Å². The van der Waals surface area contributed by atoms with Crippen LogP contribution in [0.3, 0.4) is 0 Å². The summed E-state index contributed by atoms with van der Waals surface area (Å²) in [6, 6.07) is 7.89. The Labute approximate surface area is 122 Å². The summed E-state index contributed by atoms with van der Waals surface area (Å²) in [5.41, 5.74) is 0.229. The minimum atomic E-state index is -3.99. The van der Waals surface area contributed by atoms with Crippen LogP contribution in [0.25, 0.3) is 0 Å². The Morgan fingerprint density at radius 1 is 1.10 bits per heavy atom. The summed E-state index contributed by atoms with van der Waals surface area (Å²) in [6.07, 6.45) is 0.807. The lowest BCUT2D eigenvalue weighted by atomic mass is 10.1. The molecule has 1 unspecified atom stereocenters. The van der Waals surface area contributed by atoms with E-state index in [9.17, 15) is 18.0 Å². The Morgan fingerprint density at radius 3 is 2.10 bits per heavy atom. The minimum absolute atomic E-state index is 0.229. The normalized spacial score (nSPS) is 14.0. The molecule has 0 bridgehead atoms. The zero-order valence-corrected chi connectivity index (χ0v) is 12.7. The van der Waals surface area contributed by atoms with Crippen LogP contribution in [0.2, 0.25) is 0 Å². The van der Waals surface area contributed by atoms with Crippen LogP contribution >= 0.6 is 0 Å². The van der Waals surface area contributed by atoms with Gasteiger partial charge in [0, 0.05) is 19.4 Å². The van der Waals surface area contributed by atoms with Gasteiger partial charge in [-0.15, -0.1) is 0 Å². The largest absolute Gasteiger partial charge is 0.458 e. The lowest BCUT2D eigenvalue weighted by molar-refractivity contribution is -0.219. The summed E-state index contributed by atoms with van der Waals surface area (Å²) >= 11 is 0. The highest BCUT2D eigenvalue weighted by molar-refractivity contribution is 7.86. The van der Waals surface area contributed by atoms with Crippen LogP contribution in [0.15, 0.2) is 30.3 Å². The maximum atomic E-state index is 11.5. The van der Waals surface area contributed by atoms with E-state index in [4.69, 9.17) is 13.7 Å². The molecule has 0 N–H and O–H groups in total. The van der Waals surface area contributed by atoms with E-state index in [1.807, 2.05) is 0 Å². The van der Waals surface area contributed by atoms with Crippen molar-refractivity contribution in [3.05, 3.63) is 35.9 Å². The third kappa shape index (κ3) is 5.52. The number of hydrogen-bond acceptors (Lipinski definition) is 7. The SMILES string of the molecule is CC(=O)OCC(OC(C)=O)(OS(C)(=O)=O)c1ccccc1. The van der Waals surface area contributed by atoms with E-state index in [2.05, 4.69) is 0 Å². The fraction of sp³-hybridized carbons (Fsp3) is 0.385. The average molecular weight is 316 g/mol. The van der Waals surface area contributed by atoms with Crippen molar-refractivity contribution in [3.8, 4) is 0 Å². The first-order chi connectivity index (χ1) is 9.65. The first-order valence-corrected chi connectivity index (χ1v) is 7.75. The standard InChI is InChI=1S/C13H16O7S/c1-10(14)18-9-13(19-11(2)15,20-21(3,16)17)12-7-5-4-6-8-12/h4-8H,9H2,1-3H3. The van der Waals surface area contributed by atoms with Gasteiger partial charge in [-0.05, 0) is 0 Å². The Hall–Kier alpha value is -1.93. The Balaban J connectivity index is 3.32. The number of carbonyl (C=O) groups is 2. The first-order valence-electron chi connectivity index (χ1n) is 5.94. The van der Waals surface area contributed by atoms with Gasteiger partial charge in [-0.1, -0.05) is 30.3 Å². The molecule has 7 nitrogen and oxygen atoms in total. The quantitative estimate of drug-likeness (QED) is 0.438. The van der Waals surface area contributed by atoms with Gasteiger partial charge in [0.05, 0.1) is 6.26 Å². The second kappa shape index (κ2) is 6.68. The van der Waals surface area contributed by atoms with Gasteiger partial charge in [0.15, 0.2) is 6.61 Å². The van der Waals surface area contributed by atoms with Crippen LogP contribution in [0.5, 0.6) is 0 Å². The summed E-state index contributed by atoms with van der Waals surface area (Å²) in [4.78, 5) is 22.3. The molecule has 0 aliphatic heterocycles. The highest BCUT2D eigenvalue weighted by Gasteiger charge is 2.42. The zero-order valence-electron chi connectivity index (χ0n) is 11.9. The predicted molar refractivity (Wildman–Crippen MR) is 72.4 cm³/mol. The summed E-state index contributed by atoms with van der Waals surface area (Å²) < 4.78 is 37.7. The maximum Gasteiger partial charge on any atom is 0.305 e. The molecular formula is C13H16O7S. The molecule has 116 valence electrons. The fourth-order valence-electron chi connectivity index (χ4n) is 1.63. The van der Waals surface area contributed by atoms with Gasteiger partial charge in [0.2, 0.25) is 0 Å². The van der Waals surface area contributed by atoms with Crippen LogP contribution in [0, 0.1) is 0 Å². The van der Waals surface area contributed by atoms with E-state index in [0.717, 1.165) is 20.1 Å². The molecule has 21 heavy (non-hydrogen) atoms. The maximum absolute atomic E-state index is 11.5. The van der Waals surface area contributed by atoms with Crippen LogP contribution in [0.4, 0.5) is 0 Å². The molecule has 1 aromatic rings.